The Morgan fingerprint density at radius 1 is 1.06 bits per heavy atom. The minimum absolute atomic E-state index is 0.584. The molecule has 0 aliphatic carbocycles. The maximum Gasteiger partial charge on any atom is 0.0626 e. The van der Waals surface area contributed by atoms with Gasteiger partial charge in [0.1, 0.15) is 0 Å². The monoisotopic (exact) mass is 232 g/mol. The van der Waals surface area contributed by atoms with Crippen molar-refractivity contribution in [2.24, 2.45) is 0 Å². The van der Waals surface area contributed by atoms with E-state index in [1.165, 1.54) is 12.0 Å². The smallest absolute Gasteiger partial charge is 0.0626 e. The average Bonchev–Trinajstić information content (AvgIpc) is 2.55. The van der Waals surface area contributed by atoms with Crippen LogP contribution < -0.4 is 0 Å². The predicted octanol–water partition coefficient (Wildman–Crippen LogP) is 2.95. The molecular weight excluding hydrogens is 208 g/mol. The molecule has 1 aliphatic rings. The van der Waals surface area contributed by atoms with Crippen molar-refractivity contribution >= 4 is 0 Å². The molecule has 0 aromatic heterocycles. The van der Waals surface area contributed by atoms with Crippen LogP contribution in [0.2, 0.25) is 0 Å². The van der Waals surface area contributed by atoms with E-state index in [9.17, 15) is 0 Å². The average molecular weight is 232 g/mol. The molecule has 0 N–H and O–H groups in total. The molecule has 0 amide bonds. The van der Waals surface area contributed by atoms with Crippen LogP contribution in [0, 0.1) is 0 Å². The lowest BCUT2D eigenvalue weighted by atomic mass is 10.1. The van der Waals surface area contributed by atoms with E-state index < -0.39 is 0 Å². The molecule has 1 aliphatic heterocycles. The van der Waals surface area contributed by atoms with E-state index in [1.807, 2.05) is 0 Å². The highest BCUT2D eigenvalue weighted by molar-refractivity contribution is 5.15. The van der Waals surface area contributed by atoms with Crippen molar-refractivity contribution in [1.29, 1.82) is 0 Å². The Hall–Kier alpha value is -0.860. The fourth-order valence-corrected chi connectivity index (χ4v) is 2.96. The first-order valence-corrected chi connectivity index (χ1v) is 6.66. The first-order valence-electron chi connectivity index (χ1n) is 6.66. The molecule has 1 fully saturated rings. The normalized spacial score (nSPS) is 30.9. The lowest BCUT2D eigenvalue weighted by Crippen LogP contribution is -2.37. The van der Waals surface area contributed by atoms with Gasteiger partial charge in [-0.3, -0.25) is 9.80 Å². The SMILES string of the molecule is CCC1N(C)C(C)C(C)N1Cc1ccccc1. The minimum Gasteiger partial charge on any atom is -0.287 e. The Kier molecular flexibility index (Phi) is 3.85. The highest BCUT2D eigenvalue weighted by Gasteiger charge is 2.38. The quantitative estimate of drug-likeness (QED) is 0.790. The van der Waals surface area contributed by atoms with Gasteiger partial charge in [0.05, 0.1) is 6.17 Å². The van der Waals surface area contributed by atoms with Gasteiger partial charge in [-0.2, -0.15) is 0 Å². The standard InChI is InChI=1S/C15H24N2/c1-5-15-16(4)12(2)13(3)17(15)11-14-9-7-6-8-10-14/h6-10,12-13,15H,5,11H2,1-4H3. The van der Waals surface area contributed by atoms with Gasteiger partial charge in [-0.1, -0.05) is 37.3 Å². The molecule has 1 aromatic rings. The molecular formula is C15H24N2. The molecule has 2 heteroatoms. The van der Waals surface area contributed by atoms with Gasteiger partial charge in [0.25, 0.3) is 0 Å². The third kappa shape index (κ3) is 2.38. The van der Waals surface area contributed by atoms with Gasteiger partial charge in [-0.25, -0.2) is 0 Å². The molecule has 1 saturated heterocycles. The van der Waals surface area contributed by atoms with Gasteiger partial charge in [0, 0.05) is 18.6 Å². The van der Waals surface area contributed by atoms with Crippen molar-refractivity contribution in [2.75, 3.05) is 7.05 Å². The van der Waals surface area contributed by atoms with Crippen molar-refractivity contribution in [1.82, 2.24) is 9.80 Å². The van der Waals surface area contributed by atoms with Crippen molar-refractivity contribution in [3.05, 3.63) is 35.9 Å². The van der Waals surface area contributed by atoms with Crippen LogP contribution in [0.5, 0.6) is 0 Å². The van der Waals surface area contributed by atoms with Gasteiger partial charge in [0.2, 0.25) is 0 Å². The third-order valence-corrected chi connectivity index (χ3v) is 4.29. The maximum atomic E-state index is 2.62. The molecule has 1 heterocycles. The first kappa shape index (κ1) is 12.6. The van der Waals surface area contributed by atoms with E-state index in [4.69, 9.17) is 0 Å². The Morgan fingerprint density at radius 2 is 1.71 bits per heavy atom. The number of rotatable bonds is 3. The maximum absolute atomic E-state index is 2.62. The van der Waals surface area contributed by atoms with Gasteiger partial charge in [-0.05, 0) is 32.9 Å². The second-order valence-corrected chi connectivity index (χ2v) is 5.19. The van der Waals surface area contributed by atoms with Gasteiger partial charge >= 0.3 is 0 Å². The summed E-state index contributed by atoms with van der Waals surface area (Å²) in [7, 11) is 2.25. The summed E-state index contributed by atoms with van der Waals surface area (Å²) in [6.45, 7) is 8.02. The van der Waals surface area contributed by atoms with Crippen LogP contribution in [-0.2, 0) is 6.54 Å². The van der Waals surface area contributed by atoms with Crippen LogP contribution in [0.1, 0.15) is 32.8 Å². The molecule has 3 atom stereocenters. The fraction of sp³-hybridized carbons (Fsp3) is 0.600. The molecule has 94 valence electrons. The van der Waals surface area contributed by atoms with E-state index in [2.05, 4.69) is 68.0 Å². The first-order chi connectivity index (χ1) is 8.15. The Bertz CT molecular complexity index is 349. The molecule has 0 saturated carbocycles. The topological polar surface area (TPSA) is 6.48 Å². The van der Waals surface area contributed by atoms with Crippen molar-refractivity contribution in [2.45, 2.75) is 52.0 Å². The van der Waals surface area contributed by atoms with E-state index in [0.717, 1.165) is 6.54 Å². The molecule has 0 bridgehead atoms. The summed E-state index contributed by atoms with van der Waals surface area (Å²) in [5.41, 5.74) is 1.42. The lowest BCUT2D eigenvalue weighted by molar-refractivity contribution is 0.126. The van der Waals surface area contributed by atoms with Gasteiger partial charge in [0.15, 0.2) is 0 Å². The number of hydrogen-bond acceptors (Lipinski definition) is 2. The van der Waals surface area contributed by atoms with Gasteiger partial charge < -0.3 is 0 Å². The van der Waals surface area contributed by atoms with Crippen molar-refractivity contribution < 1.29 is 0 Å². The van der Waals surface area contributed by atoms with E-state index in [1.54, 1.807) is 0 Å². The molecule has 0 radical (unpaired) electrons. The minimum atomic E-state index is 0.584. The summed E-state index contributed by atoms with van der Waals surface area (Å²) in [5.74, 6) is 0. The molecule has 0 spiro atoms. The van der Waals surface area contributed by atoms with Crippen LogP contribution in [-0.4, -0.2) is 35.1 Å². The zero-order chi connectivity index (χ0) is 12.4. The van der Waals surface area contributed by atoms with E-state index in [-0.39, 0.29) is 0 Å². The van der Waals surface area contributed by atoms with Crippen LogP contribution in [0.25, 0.3) is 0 Å². The molecule has 2 rings (SSSR count). The third-order valence-electron chi connectivity index (χ3n) is 4.29. The second kappa shape index (κ2) is 5.19. The summed E-state index contributed by atoms with van der Waals surface area (Å²) in [5, 5.41) is 0. The molecule has 1 aromatic carbocycles. The lowest BCUT2D eigenvalue weighted by Gasteiger charge is -2.29. The molecule has 3 unspecified atom stereocenters. The summed E-state index contributed by atoms with van der Waals surface area (Å²) in [6.07, 6.45) is 1.78. The summed E-state index contributed by atoms with van der Waals surface area (Å²) < 4.78 is 0. The number of likely N-dealkylation sites (N-methyl/N-ethyl adjacent to an activating group) is 1. The van der Waals surface area contributed by atoms with Crippen LogP contribution in [0.3, 0.4) is 0 Å². The predicted molar refractivity (Wildman–Crippen MR) is 72.8 cm³/mol. The highest BCUT2D eigenvalue weighted by atomic mass is 15.4. The van der Waals surface area contributed by atoms with Crippen molar-refractivity contribution in [3.8, 4) is 0 Å². The van der Waals surface area contributed by atoms with E-state index in [0.29, 0.717) is 18.2 Å². The number of nitrogens with zero attached hydrogens (tertiary/aromatic N) is 2. The Balaban J connectivity index is 2.14. The Labute approximate surface area is 105 Å². The molecule has 2 nitrogen and oxygen atoms in total. The fourth-order valence-electron chi connectivity index (χ4n) is 2.96. The van der Waals surface area contributed by atoms with Crippen LogP contribution in [0.4, 0.5) is 0 Å². The van der Waals surface area contributed by atoms with Gasteiger partial charge in [-0.15, -0.1) is 0 Å². The number of hydrogen-bond donors (Lipinski definition) is 0. The van der Waals surface area contributed by atoms with E-state index >= 15 is 0 Å². The highest BCUT2D eigenvalue weighted by Crippen LogP contribution is 2.28. The Morgan fingerprint density at radius 3 is 2.29 bits per heavy atom. The summed E-state index contributed by atoms with van der Waals surface area (Å²) >= 11 is 0. The number of benzene rings is 1. The van der Waals surface area contributed by atoms with Crippen LogP contribution >= 0.6 is 0 Å². The zero-order valence-electron chi connectivity index (χ0n) is 11.4. The van der Waals surface area contributed by atoms with Crippen LogP contribution in [0.15, 0.2) is 30.3 Å². The molecule has 17 heavy (non-hydrogen) atoms. The second-order valence-electron chi connectivity index (χ2n) is 5.19. The largest absolute Gasteiger partial charge is 0.287 e. The summed E-state index contributed by atoms with van der Waals surface area (Å²) in [6, 6.07) is 12.1. The summed E-state index contributed by atoms with van der Waals surface area (Å²) in [4.78, 5) is 5.13. The zero-order valence-corrected chi connectivity index (χ0v) is 11.4. The van der Waals surface area contributed by atoms with Crippen molar-refractivity contribution in [3.63, 3.8) is 0 Å².